The topological polar surface area (TPSA) is 74.6 Å². The molecule has 2 N–H and O–H groups in total. The van der Waals surface area contributed by atoms with E-state index in [1.165, 1.54) is 11.8 Å². The van der Waals surface area contributed by atoms with Crippen molar-refractivity contribution in [3.05, 3.63) is 35.4 Å². The van der Waals surface area contributed by atoms with Gasteiger partial charge >= 0.3 is 18.1 Å². The van der Waals surface area contributed by atoms with Crippen molar-refractivity contribution < 1.29 is 33.0 Å². The number of unbranched alkanes of at least 4 members (excludes halogenated alkanes) is 8. The zero-order chi connectivity index (χ0) is 23.8. The molecule has 182 valence electrons. The highest BCUT2D eigenvalue weighted by Crippen LogP contribution is 2.35. The molecule has 0 fully saturated rings. The van der Waals surface area contributed by atoms with Crippen molar-refractivity contribution in [3.8, 4) is 0 Å². The van der Waals surface area contributed by atoms with E-state index in [9.17, 15) is 27.9 Å². The molecule has 1 aromatic rings. The second-order valence-corrected chi connectivity index (χ2v) is 9.41. The molecule has 32 heavy (non-hydrogen) atoms. The number of benzene rings is 1. The van der Waals surface area contributed by atoms with E-state index in [1.54, 1.807) is 0 Å². The van der Waals surface area contributed by atoms with Crippen LogP contribution in [0.1, 0.15) is 93.4 Å². The molecule has 0 spiro atoms. The van der Waals surface area contributed by atoms with Crippen LogP contribution in [0.3, 0.4) is 0 Å². The molecule has 1 atom stereocenters. The summed E-state index contributed by atoms with van der Waals surface area (Å²) >= 11 is 1.38. The monoisotopic (exact) mass is 476 g/mol. The number of carboxylic acids is 2. The first-order chi connectivity index (χ1) is 15.2. The van der Waals surface area contributed by atoms with Gasteiger partial charge in [0.15, 0.2) is 0 Å². The average molecular weight is 477 g/mol. The lowest BCUT2D eigenvalue weighted by Gasteiger charge is -2.18. The standard InChI is InChI=1S/C24H35F3O4S/c25-24(26,27)16-11-7-5-3-1-2-4-6-8-12-19-13-9-10-14-20(19)21(18-23(30)31)32-17-15-22(28)29/h9-10,13-14,21H,1-8,11-12,15-18H2,(H,28,29)(H,30,31). The molecule has 1 unspecified atom stereocenters. The summed E-state index contributed by atoms with van der Waals surface area (Å²) in [7, 11) is 0. The average Bonchev–Trinajstić information content (AvgIpc) is 2.70. The van der Waals surface area contributed by atoms with E-state index in [4.69, 9.17) is 5.11 Å². The van der Waals surface area contributed by atoms with Gasteiger partial charge in [0.1, 0.15) is 0 Å². The first-order valence-corrected chi connectivity index (χ1v) is 12.4. The largest absolute Gasteiger partial charge is 0.481 e. The molecule has 1 aromatic carbocycles. The first kappa shape index (κ1) is 28.3. The molecular formula is C24H35F3O4S. The number of carbonyl (C=O) groups is 2. The Kier molecular flexibility index (Phi) is 14.2. The predicted molar refractivity (Wildman–Crippen MR) is 122 cm³/mol. The second kappa shape index (κ2) is 16.0. The van der Waals surface area contributed by atoms with Crippen molar-refractivity contribution in [3.63, 3.8) is 0 Å². The highest BCUT2D eigenvalue weighted by molar-refractivity contribution is 7.99. The van der Waals surface area contributed by atoms with Crippen LogP contribution < -0.4 is 0 Å². The van der Waals surface area contributed by atoms with E-state index in [0.717, 1.165) is 62.5 Å². The second-order valence-electron chi connectivity index (χ2n) is 8.10. The molecule has 0 aromatic heterocycles. The fraction of sp³-hybridized carbons (Fsp3) is 0.667. The Labute approximate surface area is 193 Å². The Morgan fingerprint density at radius 2 is 1.41 bits per heavy atom. The highest BCUT2D eigenvalue weighted by atomic mass is 32.2. The van der Waals surface area contributed by atoms with E-state index in [2.05, 4.69) is 0 Å². The molecule has 1 rings (SSSR count). The van der Waals surface area contributed by atoms with Crippen LogP contribution in [0.2, 0.25) is 0 Å². The van der Waals surface area contributed by atoms with E-state index >= 15 is 0 Å². The zero-order valence-corrected chi connectivity index (χ0v) is 19.4. The minimum absolute atomic E-state index is 0.00524. The van der Waals surface area contributed by atoms with Gasteiger partial charge < -0.3 is 10.2 Å². The fourth-order valence-corrected chi connectivity index (χ4v) is 4.91. The number of alkyl halides is 3. The van der Waals surface area contributed by atoms with Crippen LogP contribution in [0, 0.1) is 0 Å². The number of rotatable bonds is 18. The summed E-state index contributed by atoms with van der Waals surface area (Å²) in [5.74, 6) is -1.41. The van der Waals surface area contributed by atoms with Crippen molar-refractivity contribution in [2.45, 2.75) is 94.9 Å². The summed E-state index contributed by atoms with van der Waals surface area (Å²) in [5, 5.41) is 17.9. The number of hydrogen-bond acceptors (Lipinski definition) is 3. The molecule has 0 aliphatic rings. The quantitative estimate of drug-likeness (QED) is 0.216. The van der Waals surface area contributed by atoms with Gasteiger partial charge in [-0.05, 0) is 30.4 Å². The fourth-order valence-electron chi connectivity index (χ4n) is 3.66. The van der Waals surface area contributed by atoms with Crippen LogP contribution in [-0.2, 0) is 16.0 Å². The zero-order valence-electron chi connectivity index (χ0n) is 18.5. The molecule has 8 heteroatoms. The maximum atomic E-state index is 12.1. The number of hydrogen-bond donors (Lipinski definition) is 2. The van der Waals surface area contributed by atoms with Crippen LogP contribution in [-0.4, -0.2) is 34.1 Å². The summed E-state index contributed by atoms with van der Waals surface area (Å²) in [6.45, 7) is 0. The third-order valence-corrected chi connectivity index (χ3v) is 6.57. The lowest BCUT2D eigenvalue weighted by atomic mass is 9.97. The van der Waals surface area contributed by atoms with Gasteiger partial charge in [-0.1, -0.05) is 69.2 Å². The van der Waals surface area contributed by atoms with Crippen LogP contribution in [0.15, 0.2) is 24.3 Å². The van der Waals surface area contributed by atoms with Crippen LogP contribution >= 0.6 is 11.8 Å². The van der Waals surface area contributed by atoms with Crippen LogP contribution in [0.25, 0.3) is 0 Å². The Morgan fingerprint density at radius 1 is 0.844 bits per heavy atom. The maximum Gasteiger partial charge on any atom is 0.389 e. The summed E-state index contributed by atoms with van der Waals surface area (Å²) in [5.41, 5.74) is 2.09. The highest BCUT2D eigenvalue weighted by Gasteiger charge is 2.25. The molecule has 0 amide bonds. The summed E-state index contributed by atoms with van der Waals surface area (Å²) < 4.78 is 36.3. The van der Waals surface area contributed by atoms with Gasteiger partial charge in [-0.15, -0.1) is 0 Å². The number of thioether (sulfide) groups is 1. The Hall–Kier alpha value is -1.70. The van der Waals surface area contributed by atoms with E-state index in [-0.39, 0.29) is 24.5 Å². The Balaban J connectivity index is 2.33. The van der Waals surface area contributed by atoms with Crippen LogP contribution in [0.4, 0.5) is 13.2 Å². The molecule has 0 radical (unpaired) electrons. The van der Waals surface area contributed by atoms with Crippen molar-refractivity contribution >= 4 is 23.7 Å². The van der Waals surface area contributed by atoms with Crippen molar-refractivity contribution in [2.75, 3.05) is 5.75 Å². The molecular weight excluding hydrogens is 441 g/mol. The lowest BCUT2D eigenvalue weighted by Crippen LogP contribution is -2.08. The summed E-state index contributed by atoms with van der Waals surface area (Å²) in [4.78, 5) is 22.1. The first-order valence-electron chi connectivity index (χ1n) is 11.4. The molecule has 4 nitrogen and oxygen atoms in total. The number of aliphatic carboxylic acids is 2. The van der Waals surface area contributed by atoms with E-state index < -0.39 is 24.5 Å². The molecule has 0 aliphatic heterocycles. The molecule has 0 heterocycles. The molecule has 0 aliphatic carbocycles. The number of halogens is 3. The predicted octanol–water partition coefficient (Wildman–Crippen LogP) is 7.42. The van der Waals surface area contributed by atoms with Gasteiger partial charge in [0, 0.05) is 17.4 Å². The van der Waals surface area contributed by atoms with Crippen LogP contribution in [0.5, 0.6) is 0 Å². The van der Waals surface area contributed by atoms with Gasteiger partial charge in [0.2, 0.25) is 0 Å². The number of carboxylic acid groups (broad SMARTS) is 2. The Morgan fingerprint density at radius 3 is 1.97 bits per heavy atom. The normalized spacial score (nSPS) is 12.6. The minimum atomic E-state index is -4.04. The van der Waals surface area contributed by atoms with Gasteiger partial charge in [-0.3, -0.25) is 9.59 Å². The third kappa shape index (κ3) is 14.4. The van der Waals surface area contributed by atoms with Crippen molar-refractivity contribution in [1.82, 2.24) is 0 Å². The minimum Gasteiger partial charge on any atom is -0.481 e. The smallest absolute Gasteiger partial charge is 0.389 e. The summed E-state index contributed by atoms with van der Waals surface area (Å²) in [6.07, 6.45) is 4.04. The van der Waals surface area contributed by atoms with E-state index in [0.29, 0.717) is 12.2 Å². The SMILES string of the molecule is O=C(O)CCSC(CC(=O)O)c1ccccc1CCCCCCCCCCCC(F)(F)F. The van der Waals surface area contributed by atoms with E-state index in [1.807, 2.05) is 24.3 Å². The van der Waals surface area contributed by atoms with Gasteiger partial charge in [-0.2, -0.15) is 24.9 Å². The number of aryl methyl sites for hydroxylation is 1. The molecule has 0 bridgehead atoms. The van der Waals surface area contributed by atoms with Gasteiger partial charge in [0.25, 0.3) is 0 Å². The molecule has 0 saturated carbocycles. The Bertz CT molecular complexity index is 679. The third-order valence-electron chi connectivity index (χ3n) is 5.30. The maximum absolute atomic E-state index is 12.1. The van der Waals surface area contributed by atoms with Crippen molar-refractivity contribution in [1.29, 1.82) is 0 Å². The van der Waals surface area contributed by atoms with Gasteiger partial charge in [-0.25, -0.2) is 0 Å². The van der Waals surface area contributed by atoms with Gasteiger partial charge in [0.05, 0.1) is 12.8 Å². The molecule has 0 saturated heterocycles. The lowest BCUT2D eigenvalue weighted by molar-refractivity contribution is -0.137. The summed E-state index contributed by atoms with van der Waals surface area (Å²) in [6, 6.07) is 7.79. The van der Waals surface area contributed by atoms with Crippen molar-refractivity contribution in [2.24, 2.45) is 0 Å².